The lowest BCUT2D eigenvalue weighted by Gasteiger charge is -2.08. The first-order valence-electron chi connectivity index (χ1n) is 6.23. The van der Waals surface area contributed by atoms with Crippen molar-refractivity contribution in [1.82, 2.24) is 0 Å². The summed E-state index contributed by atoms with van der Waals surface area (Å²) in [7, 11) is 0. The van der Waals surface area contributed by atoms with E-state index in [0.717, 1.165) is 30.3 Å². The summed E-state index contributed by atoms with van der Waals surface area (Å²) in [6, 6.07) is 4.45. The normalized spacial score (nSPS) is 10.3. The second kappa shape index (κ2) is 6.91. The molecule has 0 radical (unpaired) electrons. The van der Waals surface area contributed by atoms with Crippen LogP contribution in [0.2, 0.25) is 0 Å². The van der Waals surface area contributed by atoms with Crippen LogP contribution in [-0.2, 0) is 9.53 Å². The monoisotopic (exact) mass is 327 g/mol. The topological polar surface area (TPSA) is 55.4 Å². The minimum atomic E-state index is -1.14. The van der Waals surface area contributed by atoms with Crippen LogP contribution in [0.1, 0.15) is 10.4 Å². The van der Waals surface area contributed by atoms with Crippen LogP contribution in [-0.4, -0.2) is 18.5 Å². The van der Waals surface area contributed by atoms with Crippen molar-refractivity contribution in [3.63, 3.8) is 0 Å². The number of amides is 1. The summed E-state index contributed by atoms with van der Waals surface area (Å²) in [5.74, 6) is -5.70. The number of hydrogen-bond acceptors (Lipinski definition) is 3. The smallest absolute Gasteiger partial charge is 0.338 e. The van der Waals surface area contributed by atoms with Crippen molar-refractivity contribution in [1.29, 1.82) is 0 Å². The van der Waals surface area contributed by atoms with E-state index in [0.29, 0.717) is 6.07 Å². The van der Waals surface area contributed by atoms with Crippen LogP contribution in [0.5, 0.6) is 0 Å². The molecule has 0 spiro atoms. The molecule has 1 amide bonds. The Bertz CT molecular complexity index is 744. The van der Waals surface area contributed by atoms with Crippen molar-refractivity contribution in [3.05, 3.63) is 65.2 Å². The summed E-state index contributed by atoms with van der Waals surface area (Å²) >= 11 is 0. The minimum absolute atomic E-state index is 0.424. The van der Waals surface area contributed by atoms with Crippen LogP contribution in [0.3, 0.4) is 0 Å². The lowest BCUT2D eigenvalue weighted by molar-refractivity contribution is -0.119. The van der Waals surface area contributed by atoms with Crippen molar-refractivity contribution >= 4 is 17.6 Å². The van der Waals surface area contributed by atoms with E-state index in [1.54, 1.807) is 0 Å². The van der Waals surface area contributed by atoms with Gasteiger partial charge in [-0.3, -0.25) is 4.79 Å². The molecule has 0 heterocycles. The minimum Gasteiger partial charge on any atom is -0.452 e. The van der Waals surface area contributed by atoms with Gasteiger partial charge >= 0.3 is 5.97 Å². The van der Waals surface area contributed by atoms with E-state index in [1.165, 1.54) is 0 Å². The third-order valence-corrected chi connectivity index (χ3v) is 2.64. The molecule has 8 heteroatoms. The second-order valence-corrected chi connectivity index (χ2v) is 4.41. The Morgan fingerprint density at radius 2 is 1.57 bits per heavy atom. The average molecular weight is 327 g/mol. The lowest BCUT2D eigenvalue weighted by Crippen LogP contribution is -2.21. The van der Waals surface area contributed by atoms with Crippen molar-refractivity contribution in [3.8, 4) is 0 Å². The van der Waals surface area contributed by atoms with Gasteiger partial charge in [-0.05, 0) is 24.3 Å². The number of rotatable bonds is 4. The highest BCUT2D eigenvalue weighted by molar-refractivity contribution is 5.95. The summed E-state index contributed by atoms with van der Waals surface area (Å²) in [6.07, 6.45) is 0. The molecule has 1 N–H and O–H groups in total. The first kappa shape index (κ1) is 16.5. The number of halogens is 4. The van der Waals surface area contributed by atoms with Gasteiger partial charge in [0.25, 0.3) is 5.91 Å². The van der Waals surface area contributed by atoms with Gasteiger partial charge in [0.15, 0.2) is 6.61 Å². The number of ether oxygens (including phenoxy) is 1. The molecule has 0 bridgehead atoms. The second-order valence-electron chi connectivity index (χ2n) is 4.41. The molecule has 2 aromatic rings. The number of carbonyl (C=O) groups is 2. The first-order chi connectivity index (χ1) is 10.8. The third kappa shape index (κ3) is 4.53. The van der Waals surface area contributed by atoms with Gasteiger partial charge in [0.1, 0.15) is 23.3 Å². The molecule has 0 aliphatic carbocycles. The maximum absolute atomic E-state index is 13.3. The van der Waals surface area contributed by atoms with E-state index >= 15 is 0 Å². The summed E-state index contributed by atoms with van der Waals surface area (Å²) < 4.78 is 56.7. The molecule has 0 aromatic heterocycles. The fourth-order valence-electron chi connectivity index (χ4n) is 1.67. The molecule has 0 saturated carbocycles. The number of nitrogens with one attached hydrogen (secondary N) is 1. The summed E-state index contributed by atoms with van der Waals surface area (Å²) in [5.41, 5.74) is -0.852. The van der Waals surface area contributed by atoms with Gasteiger partial charge < -0.3 is 10.1 Å². The standard InChI is InChI=1S/C15H9F4NO3/c16-9-1-2-12(19)13(6-9)20-14(21)7-23-15(22)8-3-10(17)5-11(18)4-8/h1-6H,7H2,(H,20,21). The van der Waals surface area contributed by atoms with Gasteiger partial charge in [-0.1, -0.05) is 0 Å². The summed E-state index contributed by atoms with van der Waals surface area (Å²) in [4.78, 5) is 23.1. The fourth-order valence-corrected chi connectivity index (χ4v) is 1.67. The van der Waals surface area contributed by atoms with E-state index in [9.17, 15) is 27.2 Å². The Balaban J connectivity index is 1.96. The van der Waals surface area contributed by atoms with Crippen LogP contribution < -0.4 is 5.32 Å². The Kier molecular flexibility index (Phi) is 4.95. The summed E-state index contributed by atoms with van der Waals surface area (Å²) in [6.45, 7) is -0.840. The average Bonchev–Trinajstić information content (AvgIpc) is 2.47. The maximum atomic E-state index is 13.3. The van der Waals surface area contributed by atoms with E-state index in [2.05, 4.69) is 4.74 Å². The Labute approximate surface area is 127 Å². The van der Waals surface area contributed by atoms with E-state index in [-0.39, 0.29) is 0 Å². The third-order valence-electron chi connectivity index (χ3n) is 2.64. The quantitative estimate of drug-likeness (QED) is 0.694. The molecule has 0 saturated heterocycles. The molecule has 2 rings (SSSR count). The molecule has 0 fully saturated rings. The van der Waals surface area contributed by atoms with Crippen LogP contribution in [0, 0.1) is 23.3 Å². The van der Waals surface area contributed by atoms with Gasteiger partial charge in [-0.15, -0.1) is 0 Å². The van der Waals surface area contributed by atoms with Crippen LogP contribution in [0.4, 0.5) is 23.2 Å². The predicted octanol–water partition coefficient (Wildman–Crippen LogP) is 3.04. The molecule has 23 heavy (non-hydrogen) atoms. The van der Waals surface area contributed by atoms with E-state index in [1.807, 2.05) is 5.32 Å². The fraction of sp³-hybridized carbons (Fsp3) is 0.0667. The van der Waals surface area contributed by atoms with Gasteiger partial charge in [-0.25, -0.2) is 22.4 Å². The zero-order valence-corrected chi connectivity index (χ0v) is 11.4. The highest BCUT2D eigenvalue weighted by Gasteiger charge is 2.14. The van der Waals surface area contributed by atoms with Gasteiger partial charge in [0, 0.05) is 12.1 Å². The number of anilines is 1. The zero-order chi connectivity index (χ0) is 17.0. The molecule has 0 aliphatic rings. The Morgan fingerprint density at radius 1 is 0.913 bits per heavy atom. The molecular formula is C15H9F4NO3. The number of carbonyl (C=O) groups excluding carboxylic acids is 2. The Morgan fingerprint density at radius 3 is 2.22 bits per heavy atom. The maximum Gasteiger partial charge on any atom is 0.338 e. The van der Waals surface area contributed by atoms with Crippen molar-refractivity contribution < 1.29 is 31.9 Å². The van der Waals surface area contributed by atoms with Crippen LogP contribution >= 0.6 is 0 Å². The van der Waals surface area contributed by atoms with E-state index < -0.39 is 53.0 Å². The lowest BCUT2D eigenvalue weighted by atomic mass is 10.2. The molecule has 0 unspecified atom stereocenters. The predicted molar refractivity (Wildman–Crippen MR) is 71.6 cm³/mol. The summed E-state index contributed by atoms with van der Waals surface area (Å²) in [5, 5.41) is 2.00. The molecular weight excluding hydrogens is 318 g/mol. The van der Waals surface area contributed by atoms with Crippen molar-refractivity contribution in [2.75, 3.05) is 11.9 Å². The number of benzene rings is 2. The molecule has 4 nitrogen and oxygen atoms in total. The van der Waals surface area contributed by atoms with Gasteiger partial charge in [-0.2, -0.15) is 0 Å². The highest BCUT2D eigenvalue weighted by Crippen LogP contribution is 2.15. The number of esters is 1. The molecule has 120 valence electrons. The Hall–Kier alpha value is -2.90. The van der Waals surface area contributed by atoms with Crippen LogP contribution in [0.15, 0.2) is 36.4 Å². The highest BCUT2D eigenvalue weighted by atomic mass is 19.1. The van der Waals surface area contributed by atoms with Crippen molar-refractivity contribution in [2.45, 2.75) is 0 Å². The zero-order valence-electron chi connectivity index (χ0n) is 11.4. The SMILES string of the molecule is O=C(COC(=O)c1cc(F)cc(F)c1)Nc1cc(F)ccc1F. The largest absolute Gasteiger partial charge is 0.452 e. The molecule has 0 atom stereocenters. The number of hydrogen-bond donors (Lipinski definition) is 1. The van der Waals surface area contributed by atoms with Gasteiger partial charge in [0.2, 0.25) is 0 Å². The van der Waals surface area contributed by atoms with Gasteiger partial charge in [0.05, 0.1) is 11.3 Å². The van der Waals surface area contributed by atoms with Crippen LogP contribution in [0.25, 0.3) is 0 Å². The first-order valence-corrected chi connectivity index (χ1v) is 6.23. The molecule has 2 aromatic carbocycles. The van der Waals surface area contributed by atoms with Crippen molar-refractivity contribution in [2.24, 2.45) is 0 Å². The molecule has 0 aliphatic heterocycles. The van der Waals surface area contributed by atoms with E-state index in [4.69, 9.17) is 0 Å².